The highest BCUT2D eigenvalue weighted by molar-refractivity contribution is 5.47. The molecule has 3 nitrogen and oxygen atoms in total. The first kappa shape index (κ1) is 11.1. The summed E-state index contributed by atoms with van der Waals surface area (Å²) in [6.07, 6.45) is -4.64. The van der Waals surface area contributed by atoms with Crippen LogP contribution in [0.25, 0.3) is 0 Å². The number of alkyl halides is 3. The van der Waals surface area contributed by atoms with Crippen molar-refractivity contribution in [3.63, 3.8) is 0 Å². The first-order valence-corrected chi connectivity index (χ1v) is 4.73. The fourth-order valence-electron chi connectivity index (χ4n) is 1.31. The third-order valence-corrected chi connectivity index (χ3v) is 2.10. The number of benzene rings is 1. The quantitative estimate of drug-likeness (QED) is 0.869. The summed E-state index contributed by atoms with van der Waals surface area (Å²) in [7, 11) is 0. The van der Waals surface area contributed by atoms with Gasteiger partial charge >= 0.3 is 6.36 Å². The molecule has 0 spiro atoms. The molecule has 1 aliphatic rings. The van der Waals surface area contributed by atoms with E-state index in [-0.39, 0.29) is 11.8 Å². The van der Waals surface area contributed by atoms with Crippen LogP contribution in [0.3, 0.4) is 0 Å². The van der Waals surface area contributed by atoms with Crippen molar-refractivity contribution in [2.75, 3.05) is 18.5 Å². The van der Waals surface area contributed by atoms with Gasteiger partial charge in [-0.15, -0.1) is 13.2 Å². The number of ether oxygens (including phenoxy) is 2. The molecule has 0 unspecified atom stereocenters. The number of halogens is 3. The first-order valence-electron chi connectivity index (χ1n) is 4.73. The molecule has 0 bridgehead atoms. The minimum absolute atomic E-state index is 0.220. The number of anilines is 1. The lowest BCUT2D eigenvalue weighted by molar-refractivity contribution is -0.274. The minimum atomic E-state index is -4.64. The van der Waals surface area contributed by atoms with Crippen LogP contribution in [0, 0.1) is 0 Å². The smallest absolute Gasteiger partial charge is 0.406 e. The van der Waals surface area contributed by atoms with E-state index >= 15 is 0 Å². The van der Waals surface area contributed by atoms with Crippen molar-refractivity contribution in [1.29, 1.82) is 0 Å². The summed E-state index contributed by atoms with van der Waals surface area (Å²) in [6, 6.07) is 5.87. The SMILES string of the molecule is FC(F)(F)Oc1ccc(NC2COC2)cc1. The van der Waals surface area contributed by atoms with Crippen molar-refractivity contribution in [3.8, 4) is 5.75 Å². The zero-order valence-corrected chi connectivity index (χ0v) is 8.25. The van der Waals surface area contributed by atoms with Crippen LogP contribution in [-0.4, -0.2) is 25.6 Å². The molecule has 1 N–H and O–H groups in total. The molecule has 1 heterocycles. The Kier molecular flexibility index (Phi) is 2.91. The van der Waals surface area contributed by atoms with Crippen molar-refractivity contribution in [3.05, 3.63) is 24.3 Å². The first-order chi connectivity index (χ1) is 7.53. The highest BCUT2D eigenvalue weighted by Crippen LogP contribution is 2.24. The van der Waals surface area contributed by atoms with Gasteiger partial charge in [-0.2, -0.15) is 0 Å². The summed E-state index contributed by atoms with van der Waals surface area (Å²) in [5, 5.41) is 3.11. The van der Waals surface area contributed by atoms with Crippen molar-refractivity contribution in [1.82, 2.24) is 0 Å². The molecule has 1 aromatic carbocycles. The maximum absolute atomic E-state index is 11.9. The van der Waals surface area contributed by atoms with Gasteiger partial charge < -0.3 is 14.8 Å². The summed E-state index contributed by atoms with van der Waals surface area (Å²) < 4.78 is 44.3. The fourth-order valence-corrected chi connectivity index (χ4v) is 1.31. The summed E-state index contributed by atoms with van der Waals surface area (Å²) in [4.78, 5) is 0. The highest BCUT2D eigenvalue weighted by atomic mass is 19.4. The lowest BCUT2D eigenvalue weighted by Crippen LogP contribution is -2.40. The second kappa shape index (κ2) is 4.21. The van der Waals surface area contributed by atoms with E-state index in [1.165, 1.54) is 12.1 Å². The van der Waals surface area contributed by atoms with Gasteiger partial charge in [0.1, 0.15) is 5.75 Å². The second-order valence-electron chi connectivity index (χ2n) is 3.45. The van der Waals surface area contributed by atoms with Crippen LogP contribution in [0.4, 0.5) is 18.9 Å². The largest absolute Gasteiger partial charge is 0.573 e. The normalized spacial score (nSPS) is 16.7. The Balaban J connectivity index is 1.93. The van der Waals surface area contributed by atoms with Crippen LogP contribution >= 0.6 is 0 Å². The van der Waals surface area contributed by atoms with E-state index in [4.69, 9.17) is 4.74 Å². The van der Waals surface area contributed by atoms with Crippen molar-refractivity contribution in [2.45, 2.75) is 12.4 Å². The topological polar surface area (TPSA) is 30.5 Å². The molecular weight excluding hydrogens is 223 g/mol. The predicted octanol–water partition coefficient (Wildman–Crippen LogP) is 2.40. The Bertz CT molecular complexity index is 346. The van der Waals surface area contributed by atoms with Gasteiger partial charge in [-0.3, -0.25) is 0 Å². The van der Waals surface area contributed by atoms with E-state index < -0.39 is 6.36 Å². The Morgan fingerprint density at radius 2 is 1.81 bits per heavy atom. The number of hydrogen-bond donors (Lipinski definition) is 1. The molecule has 2 rings (SSSR count). The summed E-state index contributed by atoms with van der Waals surface area (Å²) in [5.74, 6) is -0.220. The van der Waals surface area contributed by atoms with Gasteiger partial charge in [-0.05, 0) is 24.3 Å². The molecule has 6 heteroatoms. The molecule has 1 aliphatic heterocycles. The molecule has 1 saturated heterocycles. The monoisotopic (exact) mass is 233 g/mol. The summed E-state index contributed by atoms with van der Waals surface area (Å²) in [5.41, 5.74) is 0.753. The van der Waals surface area contributed by atoms with Gasteiger partial charge in [0.25, 0.3) is 0 Å². The van der Waals surface area contributed by atoms with Gasteiger partial charge in [0.05, 0.1) is 19.3 Å². The van der Waals surface area contributed by atoms with Crippen LogP contribution in [0.1, 0.15) is 0 Å². The van der Waals surface area contributed by atoms with Gasteiger partial charge in [-0.1, -0.05) is 0 Å². The van der Waals surface area contributed by atoms with Crippen LogP contribution in [0.2, 0.25) is 0 Å². The van der Waals surface area contributed by atoms with Gasteiger partial charge in [-0.25, -0.2) is 0 Å². The molecule has 0 saturated carbocycles. The zero-order valence-electron chi connectivity index (χ0n) is 8.25. The van der Waals surface area contributed by atoms with Crippen LogP contribution in [-0.2, 0) is 4.74 Å². The van der Waals surface area contributed by atoms with Gasteiger partial charge in [0.2, 0.25) is 0 Å². The molecule has 0 aliphatic carbocycles. The molecule has 0 radical (unpaired) electrons. The van der Waals surface area contributed by atoms with E-state index in [2.05, 4.69) is 10.1 Å². The Labute approximate surface area is 90.2 Å². The lowest BCUT2D eigenvalue weighted by atomic mass is 10.2. The average Bonchev–Trinajstić information content (AvgIpc) is 2.11. The number of nitrogens with one attached hydrogen (secondary N) is 1. The lowest BCUT2D eigenvalue weighted by Gasteiger charge is -2.27. The Morgan fingerprint density at radius 1 is 1.19 bits per heavy atom. The summed E-state index contributed by atoms with van der Waals surface area (Å²) >= 11 is 0. The Morgan fingerprint density at radius 3 is 2.25 bits per heavy atom. The summed E-state index contributed by atoms with van der Waals surface area (Å²) in [6.45, 7) is 1.25. The standard InChI is InChI=1S/C10H10F3NO2/c11-10(12,13)16-9-3-1-7(2-4-9)14-8-5-15-6-8/h1-4,8,14H,5-6H2. The number of rotatable bonds is 3. The molecule has 1 aromatic rings. The molecule has 0 atom stereocenters. The third kappa shape index (κ3) is 3.03. The van der Waals surface area contributed by atoms with Crippen LogP contribution in [0.15, 0.2) is 24.3 Å². The second-order valence-corrected chi connectivity index (χ2v) is 3.45. The minimum Gasteiger partial charge on any atom is -0.406 e. The Hall–Kier alpha value is -1.43. The van der Waals surface area contributed by atoms with E-state index in [1.54, 1.807) is 12.1 Å². The van der Waals surface area contributed by atoms with Crippen molar-refractivity contribution in [2.24, 2.45) is 0 Å². The fraction of sp³-hybridized carbons (Fsp3) is 0.400. The third-order valence-electron chi connectivity index (χ3n) is 2.10. The van der Waals surface area contributed by atoms with E-state index in [9.17, 15) is 13.2 Å². The van der Waals surface area contributed by atoms with Crippen LogP contribution < -0.4 is 10.1 Å². The highest BCUT2D eigenvalue weighted by Gasteiger charge is 2.31. The van der Waals surface area contributed by atoms with Crippen molar-refractivity contribution < 1.29 is 22.6 Å². The van der Waals surface area contributed by atoms with Crippen LogP contribution in [0.5, 0.6) is 5.75 Å². The van der Waals surface area contributed by atoms with E-state index in [0.29, 0.717) is 13.2 Å². The molecule has 0 aromatic heterocycles. The predicted molar refractivity (Wildman–Crippen MR) is 51.4 cm³/mol. The average molecular weight is 233 g/mol. The molecule has 1 fully saturated rings. The molecule has 16 heavy (non-hydrogen) atoms. The molecule has 88 valence electrons. The van der Waals surface area contributed by atoms with Crippen molar-refractivity contribution >= 4 is 5.69 Å². The maximum Gasteiger partial charge on any atom is 0.573 e. The molecular formula is C10H10F3NO2. The number of hydrogen-bond acceptors (Lipinski definition) is 3. The van der Waals surface area contributed by atoms with Gasteiger partial charge in [0, 0.05) is 5.69 Å². The molecule has 0 amide bonds. The van der Waals surface area contributed by atoms with Gasteiger partial charge in [0.15, 0.2) is 0 Å². The van der Waals surface area contributed by atoms with E-state index in [1.807, 2.05) is 0 Å². The van der Waals surface area contributed by atoms with E-state index in [0.717, 1.165) is 5.69 Å². The maximum atomic E-state index is 11.9. The zero-order chi connectivity index (χ0) is 11.6.